The topological polar surface area (TPSA) is 42.4 Å². The van der Waals surface area contributed by atoms with E-state index in [1.54, 1.807) is 18.5 Å². The van der Waals surface area contributed by atoms with E-state index in [9.17, 15) is 4.79 Å². The average molecular weight is 274 g/mol. The first-order valence-corrected chi connectivity index (χ1v) is 7.32. The molecular formula is C16H22N2O2. The highest BCUT2D eigenvalue weighted by atomic mass is 16.5. The lowest BCUT2D eigenvalue weighted by atomic mass is 10.1. The maximum Gasteiger partial charge on any atom is 0.330 e. The Kier molecular flexibility index (Phi) is 6.24. The number of rotatable bonds is 6. The largest absolute Gasteiger partial charge is 0.462 e. The van der Waals surface area contributed by atoms with E-state index >= 15 is 0 Å². The molecule has 2 rings (SSSR count). The minimum absolute atomic E-state index is 0.285. The monoisotopic (exact) mass is 274 g/mol. The Hall–Kier alpha value is -1.68. The Morgan fingerprint density at radius 1 is 1.35 bits per heavy atom. The Labute approximate surface area is 120 Å². The number of pyridine rings is 1. The molecule has 4 nitrogen and oxygen atoms in total. The van der Waals surface area contributed by atoms with Crippen molar-refractivity contribution in [3.8, 4) is 0 Å². The smallest absolute Gasteiger partial charge is 0.330 e. The molecule has 4 heteroatoms. The molecule has 0 atom stereocenters. The highest BCUT2D eigenvalue weighted by Crippen LogP contribution is 2.08. The van der Waals surface area contributed by atoms with Crippen molar-refractivity contribution in [1.29, 1.82) is 0 Å². The van der Waals surface area contributed by atoms with Crippen molar-refractivity contribution < 1.29 is 9.53 Å². The summed E-state index contributed by atoms with van der Waals surface area (Å²) in [6.07, 6.45) is 11.5. The zero-order chi connectivity index (χ0) is 14.0. The summed E-state index contributed by atoms with van der Waals surface area (Å²) in [7, 11) is 0. The fraction of sp³-hybridized carbons (Fsp3) is 0.500. The van der Waals surface area contributed by atoms with Gasteiger partial charge >= 0.3 is 5.97 Å². The lowest BCUT2D eigenvalue weighted by molar-refractivity contribution is -0.137. The van der Waals surface area contributed by atoms with E-state index in [1.807, 2.05) is 12.1 Å². The highest BCUT2D eigenvalue weighted by molar-refractivity contribution is 5.86. The second-order valence-corrected chi connectivity index (χ2v) is 5.04. The van der Waals surface area contributed by atoms with Gasteiger partial charge in [-0.05, 0) is 50.1 Å². The first-order valence-electron chi connectivity index (χ1n) is 7.32. The number of likely N-dealkylation sites (tertiary alicyclic amines) is 1. The van der Waals surface area contributed by atoms with Crippen molar-refractivity contribution in [1.82, 2.24) is 9.88 Å². The molecule has 1 aromatic rings. The van der Waals surface area contributed by atoms with E-state index < -0.39 is 0 Å². The molecule has 1 aliphatic rings. The Morgan fingerprint density at radius 2 is 2.20 bits per heavy atom. The van der Waals surface area contributed by atoms with Gasteiger partial charge in [-0.2, -0.15) is 0 Å². The summed E-state index contributed by atoms with van der Waals surface area (Å²) in [6.45, 7) is 3.90. The fourth-order valence-corrected chi connectivity index (χ4v) is 2.33. The molecule has 1 aromatic heterocycles. The molecular weight excluding hydrogens is 252 g/mol. The van der Waals surface area contributed by atoms with Gasteiger partial charge in [-0.1, -0.05) is 12.5 Å². The summed E-state index contributed by atoms with van der Waals surface area (Å²) < 4.78 is 5.18. The standard InChI is InChI=1S/C16H22N2O2/c19-16(8-7-15-6-4-9-17-14-15)20-13-5-12-18-10-2-1-3-11-18/h4,6-9,14H,1-3,5,10-13H2/b8-7-. The number of aromatic nitrogens is 1. The summed E-state index contributed by atoms with van der Waals surface area (Å²) in [5.74, 6) is -0.285. The Bertz CT molecular complexity index is 425. The average Bonchev–Trinajstić information content (AvgIpc) is 2.52. The minimum atomic E-state index is -0.285. The van der Waals surface area contributed by atoms with E-state index in [0.29, 0.717) is 6.61 Å². The molecule has 0 bridgehead atoms. The number of nitrogens with zero attached hydrogens (tertiary/aromatic N) is 2. The van der Waals surface area contributed by atoms with Crippen LogP contribution in [0.5, 0.6) is 0 Å². The van der Waals surface area contributed by atoms with Crippen LogP contribution in [0.3, 0.4) is 0 Å². The SMILES string of the molecule is O=C(/C=C\c1cccnc1)OCCCN1CCCCC1. The van der Waals surface area contributed by atoms with Crippen molar-refractivity contribution in [2.24, 2.45) is 0 Å². The van der Waals surface area contributed by atoms with Crippen molar-refractivity contribution in [3.05, 3.63) is 36.2 Å². The second-order valence-electron chi connectivity index (χ2n) is 5.04. The summed E-state index contributed by atoms with van der Waals surface area (Å²) in [4.78, 5) is 18.0. The van der Waals surface area contributed by atoms with Gasteiger partial charge in [0.25, 0.3) is 0 Å². The van der Waals surface area contributed by atoms with Gasteiger partial charge in [0.05, 0.1) is 6.61 Å². The van der Waals surface area contributed by atoms with Gasteiger partial charge < -0.3 is 9.64 Å². The van der Waals surface area contributed by atoms with E-state index in [0.717, 1.165) is 18.5 Å². The second kappa shape index (κ2) is 8.48. The van der Waals surface area contributed by atoms with Gasteiger partial charge in [-0.3, -0.25) is 4.98 Å². The number of piperidine rings is 1. The number of esters is 1. The number of hydrogen-bond acceptors (Lipinski definition) is 4. The lowest BCUT2D eigenvalue weighted by Crippen LogP contribution is -2.31. The van der Waals surface area contributed by atoms with Crippen molar-refractivity contribution in [3.63, 3.8) is 0 Å². The zero-order valence-electron chi connectivity index (χ0n) is 11.8. The molecule has 108 valence electrons. The van der Waals surface area contributed by atoms with E-state index in [2.05, 4.69) is 9.88 Å². The molecule has 0 amide bonds. The van der Waals surface area contributed by atoms with E-state index in [-0.39, 0.29) is 5.97 Å². The molecule has 0 aliphatic carbocycles. The van der Waals surface area contributed by atoms with Crippen LogP contribution in [0.15, 0.2) is 30.6 Å². The third-order valence-corrected chi connectivity index (χ3v) is 3.41. The predicted molar refractivity (Wildman–Crippen MR) is 79.1 cm³/mol. The molecule has 0 aromatic carbocycles. The van der Waals surface area contributed by atoms with Gasteiger partial charge in [-0.25, -0.2) is 4.79 Å². The van der Waals surface area contributed by atoms with Crippen molar-refractivity contribution in [2.45, 2.75) is 25.7 Å². The van der Waals surface area contributed by atoms with E-state index in [4.69, 9.17) is 4.74 Å². The lowest BCUT2D eigenvalue weighted by Gasteiger charge is -2.26. The summed E-state index contributed by atoms with van der Waals surface area (Å²) >= 11 is 0. The van der Waals surface area contributed by atoms with Crippen LogP contribution in [0.25, 0.3) is 6.08 Å². The molecule has 1 saturated heterocycles. The molecule has 0 saturated carbocycles. The minimum Gasteiger partial charge on any atom is -0.462 e. The molecule has 1 aliphatic heterocycles. The maximum absolute atomic E-state index is 11.5. The summed E-state index contributed by atoms with van der Waals surface area (Å²) in [5.41, 5.74) is 0.901. The first-order chi connectivity index (χ1) is 9.84. The van der Waals surface area contributed by atoms with Crippen LogP contribution in [0.1, 0.15) is 31.2 Å². The van der Waals surface area contributed by atoms with Gasteiger partial charge in [0.15, 0.2) is 0 Å². The number of carbonyl (C=O) groups is 1. The van der Waals surface area contributed by atoms with Gasteiger partial charge in [-0.15, -0.1) is 0 Å². The van der Waals surface area contributed by atoms with Crippen LogP contribution in [0, 0.1) is 0 Å². The Balaban J connectivity index is 1.59. The normalized spacial score (nSPS) is 16.4. The molecule has 0 N–H and O–H groups in total. The predicted octanol–water partition coefficient (Wildman–Crippen LogP) is 2.51. The van der Waals surface area contributed by atoms with Crippen LogP contribution in [-0.2, 0) is 9.53 Å². The molecule has 0 unspecified atom stereocenters. The van der Waals surface area contributed by atoms with Gasteiger partial charge in [0.1, 0.15) is 0 Å². The van der Waals surface area contributed by atoms with Crippen LogP contribution in [-0.4, -0.2) is 42.1 Å². The van der Waals surface area contributed by atoms with E-state index in [1.165, 1.54) is 38.4 Å². The van der Waals surface area contributed by atoms with Crippen LogP contribution in [0.4, 0.5) is 0 Å². The van der Waals surface area contributed by atoms with Crippen LogP contribution < -0.4 is 0 Å². The van der Waals surface area contributed by atoms with Crippen molar-refractivity contribution >= 4 is 12.0 Å². The fourth-order valence-electron chi connectivity index (χ4n) is 2.33. The number of ether oxygens (including phenoxy) is 1. The van der Waals surface area contributed by atoms with Gasteiger partial charge in [0.2, 0.25) is 0 Å². The summed E-state index contributed by atoms with van der Waals surface area (Å²) in [6, 6.07) is 3.73. The molecule has 1 fully saturated rings. The number of hydrogen-bond donors (Lipinski definition) is 0. The Morgan fingerprint density at radius 3 is 2.95 bits per heavy atom. The van der Waals surface area contributed by atoms with Gasteiger partial charge in [0, 0.05) is 25.0 Å². The van der Waals surface area contributed by atoms with Crippen molar-refractivity contribution in [2.75, 3.05) is 26.2 Å². The number of carbonyl (C=O) groups excluding carboxylic acids is 1. The molecule has 0 radical (unpaired) electrons. The highest BCUT2D eigenvalue weighted by Gasteiger charge is 2.09. The quantitative estimate of drug-likeness (QED) is 0.454. The van der Waals surface area contributed by atoms with Crippen LogP contribution >= 0.6 is 0 Å². The summed E-state index contributed by atoms with van der Waals surface area (Å²) in [5, 5.41) is 0. The third-order valence-electron chi connectivity index (χ3n) is 3.41. The van der Waals surface area contributed by atoms with Crippen LogP contribution in [0.2, 0.25) is 0 Å². The molecule has 20 heavy (non-hydrogen) atoms. The first kappa shape index (κ1) is 14.7. The zero-order valence-corrected chi connectivity index (χ0v) is 11.8. The third kappa shape index (κ3) is 5.53. The molecule has 2 heterocycles. The maximum atomic E-state index is 11.5. The molecule has 0 spiro atoms.